The summed E-state index contributed by atoms with van der Waals surface area (Å²) >= 11 is 0. The van der Waals surface area contributed by atoms with Gasteiger partial charge in [-0.05, 0) is 49.2 Å². The molecular weight excluding hydrogens is 392 g/mol. The molecule has 1 aliphatic heterocycles. The molecule has 1 aliphatic rings. The fourth-order valence-corrected chi connectivity index (χ4v) is 3.90. The molecule has 0 radical (unpaired) electrons. The molecule has 5 rings (SSSR count). The standard InChI is InChI=1S/C25H20N2O4/c1-16(24(28)27-15-14-17-8-2-6-12-21(17)27)30-25(29)19-10-4-3-9-18(19)23-26-20-11-5-7-13-22(20)31-23/h2-13,16H,14-15H2,1H3. The van der Waals surface area contributed by atoms with E-state index < -0.39 is 12.1 Å². The molecule has 1 unspecified atom stereocenters. The van der Waals surface area contributed by atoms with E-state index in [2.05, 4.69) is 4.98 Å². The van der Waals surface area contributed by atoms with Gasteiger partial charge >= 0.3 is 5.97 Å². The number of esters is 1. The fraction of sp³-hybridized carbons (Fsp3) is 0.160. The highest BCUT2D eigenvalue weighted by molar-refractivity contribution is 6.02. The Labute approximate surface area is 179 Å². The van der Waals surface area contributed by atoms with Crippen LogP contribution in [0.15, 0.2) is 77.2 Å². The van der Waals surface area contributed by atoms with Gasteiger partial charge in [0.15, 0.2) is 11.7 Å². The number of rotatable bonds is 4. The second kappa shape index (κ2) is 7.72. The number of fused-ring (bicyclic) bond motifs is 2. The van der Waals surface area contributed by atoms with Crippen LogP contribution in [0.5, 0.6) is 0 Å². The summed E-state index contributed by atoms with van der Waals surface area (Å²) in [7, 11) is 0. The Balaban J connectivity index is 1.38. The molecular formula is C25H20N2O4. The quantitative estimate of drug-likeness (QED) is 0.457. The van der Waals surface area contributed by atoms with Crippen LogP contribution in [-0.4, -0.2) is 29.5 Å². The van der Waals surface area contributed by atoms with Crippen LogP contribution in [-0.2, 0) is 16.0 Å². The van der Waals surface area contributed by atoms with E-state index in [1.807, 2.05) is 48.5 Å². The average molecular weight is 412 g/mol. The Morgan fingerprint density at radius 3 is 2.61 bits per heavy atom. The number of anilines is 1. The molecule has 4 aromatic rings. The SMILES string of the molecule is CC(OC(=O)c1ccccc1-c1nc2ccccc2o1)C(=O)N1CCc2ccccc21. The summed E-state index contributed by atoms with van der Waals surface area (Å²) in [5, 5.41) is 0. The molecule has 154 valence electrons. The summed E-state index contributed by atoms with van der Waals surface area (Å²) < 4.78 is 11.4. The number of amides is 1. The first-order chi connectivity index (χ1) is 15.1. The molecule has 1 amide bonds. The van der Waals surface area contributed by atoms with Gasteiger partial charge in [-0.1, -0.05) is 42.5 Å². The first kappa shape index (κ1) is 19.1. The lowest BCUT2D eigenvalue weighted by molar-refractivity contribution is -0.126. The average Bonchev–Trinajstić information content (AvgIpc) is 3.43. The minimum atomic E-state index is -0.921. The maximum Gasteiger partial charge on any atom is 0.339 e. The van der Waals surface area contributed by atoms with Crippen LogP contribution in [0.1, 0.15) is 22.8 Å². The van der Waals surface area contributed by atoms with Crippen molar-refractivity contribution in [3.8, 4) is 11.5 Å². The molecule has 6 nitrogen and oxygen atoms in total. The normalized spacial score (nSPS) is 13.8. The Kier molecular flexibility index (Phi) is 4.75. The molecule has 2 heterocycles. The van der Waals surface area contributed by atoms with Crippen LogP contribution in [0, 0.1) is 0 Å². The van der Waals surface area contributed by atoms with E-state index in [-0.39, 0.29) is 5.91 Å². The smallest absolute Gasteiger partial charge is 0.339 e. The van der Waals surface area contributed by atoms with Gasteiger partial charge in [-0.25, -0.2) is 9.78 Å². The molecule has 0 aliphatic carbocycles. The Morgan fingerprint density at radius 2 is 1.74 bits per heavy atom. The van der Waals surface area contributed by atoms with Crippen molar-refractivity contribution < 1.29 is 18.7 Å². The molecule has 0 saturated heterocycles. The molecule has 0 saturated carbocycles. The maximum absolute atomic E-state index is 13.0. The van der Waals surface area contributed by atoms with Crippen LogP contribution < -0.4 is 4.90 Å². The van der Waals surface area contributed by atoms with E-state index in [1.54, 1.807) is 36.1 Å². The third-order valence-corrected chi connectivity index (χ3v) is 5.46. The minimum absolute atomic E-state index is 0.238. The molecule has 0 bridgehead atoms. The van der Waals surface area contributed by atoms with E-state index in [0.29, 0.717) is 34.7 Å². The van der Waals surface area contributed by atoms with Crippen LogP contribution in [0.4, 0.5) is 5.69 Å². The highest BCUT2D eigenvalue weighted by Gasteiger charge is 2.30. The van der Waals surface area contributed by atoms with E-state index in [4.69, 9.17) is 9.15 Å². The molecule has 0 N–H and O–H groups in total. The van der Waals surface area contributed by atoms with Gasteiger partial charge in [0.1, 0.15) is 5.52 Å². The minimum Gasteiger partial charge on any atom is -0.449 e. The van der Waals surface area contributed by atoms with Gasteiger partial charge in [0, 0.05) is 12.2 Å². The van der Waals surface area contributed by atoms with Gasteiger partial charge in [-0.2, -0.15) is 0 Å². The number of para-hydroxylation sites is 3. The van der Waals surface area contributed by atoms with Crippen LogP contribution >= 0.6 is 0 Å². The first-order valence-corrected chi connectivity index (χ1v) is 10.2. The predicted molar refractivity (Wildman–Crippen MR) is 117 cm³/mol. The molecule has 1 aromatic heterocycles. The van der Waals surface area contributed by atoms with Gasteiger partial charge in [-0.15, -0.1) is 0 Å². The van der Waals surface area contributed by atoms with Crippen molar-refractivity contribution >= 4 is 28.7 Å². The lowest BCUT2D eigenvalue weighted by atomic mass is 10.1. The topological polar surface area (TPSA) is 72.6 Å². The number of hydrogen-bond acceptors (Lipinski definition) is 5. The van der Waals surface area contributed by atoms with Gasteiger partial charge in [-0.3, -0.25) is 4.79 Å². The second-order valence-electron chi connectivity index (χ2n) is 7.45. The highest BCUT2D eigenvalue weighted by Crippen LogP contribution is 2.30. The molecule has 3 aromatic carbocycles. The lowest BCUT2D eigenvalue weighted by Crippen LogP contribution is -2.39. The number of oxazole rings is 1. The first-order valence-electron chi connectivity index (χ1n) is 10.2. The summed E-state index contributed by atoms with van der Waals surface area (Å²) in [6, 6.07) is 22.1. The predicted octanol–water partition coefficient (Wildman–Crippen LogP) is 4.63. The van der Waals surface area contributed by atoms with Gasteiger partial charge in [0.25, 0.3) is 5.91 Å². The number of benzene rings is 3. The van der Waals surface area contributed by atoms with Crippen molar-refractivity contribution in [2.24, 2.45) is 0 Å². The zero-order valence-electron chi connectivity index (χ0n) is 16.9. The van der Waals surface area contributed by atoms with Crippen molar-refractivity contribution in [2.45, 2.75) is 19.4 Å². The molecule has 0 spiro atoms. The summed E-state index contributed by atoms with van der Waals surface area (Å²) in [5.74, 6) is -0.495. The summed E-state index contributed by atoms with van der Waals surface area (Å²) in [6.07, 6.45) is -0.126. The van der Waals surface area contributed by atoms with Crippen LogP contribution in [0.3, 0.4) is 0 Å². The van der Waals surface area contributed by atoms with Crippen molar-refractivity contribution in [1.29, 1.82) is 0 Å². The third-order valence-electron chi connectivity index (χ3n) is 5.46. The van der Waals surface area contributed by atoms with Crippen molar-refractivity contribution in [2.75, 3.05) is 11.4 Å². The van der Waals surface area contributed by atoms with Crippen molar-refractivity contribution in [3.05, 3.63) is 83.9 Å². The Hall–Kier alpha value is -3.93. The lowest BCUT2D eigenvalue weighted by Gasteiger charge is -2.22. The van der Waals surface area contributed by atoms with Gasteiger partial charge in [0.05, 0.1) is 11.1 Å². The monoisotopic (exact) mass is 412 g/mol. The summed E-state index contributed by atoms with van der Waals surface area (Å²) in [4.78, 5) is 32.1. The van der Waals surface area contributed by atoms with Gasteiger partial charge in [0.2, 0.25) is 5.89 Å². The largest absolute Gasteiger partial charge is 0.449 e. The zero-order chi connectivity index (χ0) is 21.4. The maximum atomic E-state index is 13.0. The highest BCUT2D eigenvalue weighted by atomic mass is 16.5. The van der Waals surface area contributed by atoms with Crippen LogP contribution in [0.2, 0.25) is 0 Å². The molecule has 6 heteroatoms. The second-order valence-corrected chi connectivity index (χ2v) is 7.45. The summed E-state index contributed by atoms with van der Waals surface area (Å²) in [5.41, 5.74) is 4.16. The zero-order valence-corrected chi connectivity index (χ0v) is 16.9. The number of ether oxygens (including phenoxy) is 1. The van der Waals surface area contributed by atoms with Gasteiger partial charge < -0.3 is 14.1 Å². The third kappa shape index (κ3) is 3.46. The van der Waals surface area contributed by atoms with Crippen molar-refractivity contribution in [1.82, 2.24) is 4.98 Å². The molecule has 0 fully saturated rings. The molecule has 31 heavy (non-hydrogen) atoms. The molecule has 1 atom stereocenters. The van der Waals surface area contributed by atoms with Crippen LogP contribution in [0.25, 0.3) is 22.6 Å². The van der Waals surface area contributed by atoms with E-state index in [1.165, 1.54) is 0 Å². The Bertz CT molecular complexity index is 1260. The number of nitrogens with zero attached hydrogens (tertiary/aromatic N) is 2. The number of carbonyl (C=O) groups excluding carboxylic acids is 2. The van der Waals surface area contributed by atoms with Crippen molar-refractivity contribution in [3.63, 3.8) is 0 Å². The van der Waals surface area contributed by atoms with E-state index in [0.717, 1.165) is 17.7 Å². The Morgan fingerprint density at radius 1 is 1.00 bits per heavy atom. The number of aromatic nitrogens is 1. The summed E-state index contributed by atoms with van der Waals surface area (Å²) in [6.45, 7) is 2.18. The number of carbonyl (C=O) groups is 2. The van der Waals surface area contributed by atoms with E-state index >= 15 is 0 Å². The van der Waals surface area contributed by atoms with E-state index in [9.17, 15) is 9.59 Å². The fourth-order valence-electron chi connectivity index (χ4n) is 3.90. The number of hydrogen-bond donors (Lipinski definition) is 0.